The highest BCUT2D eigenvalue weighted by Gasteiger charge is 2.40. The van der Waals surface area contributed by atoms with Gasteiger partial charge in [0.2, 0.25) is 15.9 Å². The molecule has 2 fully saturated rings. The van der Waals surface area contributed by atoms with Crippen LogP contribution in [0.15, 0.2) is 46.3 Å². The Morgan fingerprint density at radius 1 is 1.08 bits per heavy atom. The third-order valence-electron chi connectivity index (χ3n) is 7.20. The molecule has 1 saturated carbocycles. The van der Waals surface area contributed by atoms with Crippen molar-refractivity contribution in [2.24, 2.45) is 16.6 Å². The summed E-state index contributed by atoms with van der Waals surface area (Å²) in [5, 5.41) is 2.17. The van der Waals surface area contributed by atoms with Gasteiger partial charge >= 0.3 is 5.97 Å². The molecule has 0 radical (unpaired) electrons. The van der Waals surface area contributed by atoms with Gasteiger partial charge in [0.1, 0.15) is 0 Å². The number of halogens is 1. The number of aliphatic imine (C=N–C) groups is 1. The van der Waals surface area contributed by atoms with Crippen LogP contribution < -0.4 is 5.73 Å². The fourth-order valence-corrected chi connectivity index (χ4v) is 6.95. The number of nitrogens with two attached hydrogens (primary N) is 1. The third kappa shape index (κ3) is 6.25. The van der Waals surface area contributed by atoms with Crippen LogP contribution in [0.25, 0.3) is 10.8 Å². The number of carbonyl (C=O) groups is 2. The predicted octanol–water partition coefficient (Wildman–Crippen LogP) is 3.19. The number of esters is 1. The lowest BCUT2D eigenvalue weighted by atomic mass is 9.85. The van der Waals surface area contributed by atoms with Crippen molar-refractivity contribution in [2.45, 2.75) is 56.0 Å². The molecule has 2 aliphatic rings. The molecule has 1 aliphatic carbocycles. The lowest BCUT2D eigenvalue weighted by molar-refractivity contribution is -0.147. The van der Waals surface area contributed by atoms with Crippen molar-refractivity contribution in [2.75, 3.05) is 26.7 Å². The SMILES string of the molecule is COC(=O)CC1CN(S(=O)(=O)c2ccc3cc(Cl)ccc3c2)CCN1C(=O)C1CCC(N=C(C)N)CC1. The average molecular weight is 549 g/mol. The van der Waals surface area contributed by atoms with Crippen molar-refractivity contribution < 1.29 is 22.7 Å². The molecule has 0 aromatic heterocycles. The van der Waals surface area contributed by atoms with Crippen LogP contribution in [0.3, 0.4) is 0 Å². The molecular weight excluding hydrogens is 516 g/mol. The van der Waals surface area contributed by atoms with E-state index in [2.05, 4.69) is 4.99 Å². The van der Waals surface area contributed by atoms with Gasteiger partial charge in [-0.15, -0.1) is 0 Å². The van der Waals surface area contributed by atoms with Gasteiger partial charge in [0.15, 0.2) is 0 Å². The smallest absolute Gasteiger partial charge is 0.307 e. The molecule has 1 heterocycles. The molecule has 2 N–H and O–H groups in total. The number of piperazine rings is 1. The number of hydrogen-bond acceptors (Lipinski definition) is 6. The van der Waals surface area contributed by atoms with Crippen molar-refractivity contribution >= 4 is 50.1 Å². The fourth-order valence-electron chi connectivity index (χ4n) is 5.26. The molecular formula is C26H33ClN4O5S. The quantitative estimate of drug-likeness (QED) is 0.336. The summed E-state index contributed by atoms with van der Waals surface area (Å²) in [6, 6.07) is 9.71. The normalized spacial score (nSPS) is 23.7. The molecule has 0 spiro atoms. The van der Waals surface area contributed by atoms with E-state index in [9.17, 15) is 18.0 Å². The highest BCUT2D eigenvalue weighted by Crippen LogP contribution is 2.31. The first-order valence-corrected chi connectivity index (χ1v) is 14.3. The van der Waals surface area contributed by atoms with Crippen LogP contribution in [-0.2, 0) is 24.3 Å². The lowest BCUT2D eigenvalue weighted by Gasteiger charge is -2.42. The van der Waals surface area contributed by atoms with E-state index in [1.165, 1.54) is 11.4 Å². The van der Waals surface area contributed by atoms with Crippen LogP contribution in [0.2, 0.25) is 5.02 Å². The van der Waals surface area contributed by atoms with Gasteiger partial charge in [0, 0.05) is 30.6 Å². The van der Waals surface area contributed by atoms with E-state index in [0.29, 0.717) is 23.7 Å². The second kappa shape index (κ2) is 11.4. The van der Waals surface area contributed by atoms with E-state index in [1.807, 2.05) is 0 Å². The zero-order valence-electron chi connectivity index (χ0n) is 21.1. The van der Waals surface area contributed by atoms with E-state index in [0.717, 1.165) is 23.6 Å². The number of amides is 1. The molecule has 1 unspecified atom stereocenters. The molecule has 37 heavy (non-hydrogen) atoms. The Morgan fingerprint density at radius 2 is 1.76 bits per heavy atom. The van der Waals surface area contributed by atoms with Crippen molar-refractivity contribution in [1.29, 1.82) is 0 Å². The van der Waals surface area contributed by atoms with Gasteiger partial charge in [-0.3, -0.25) is 14.6 Å². The van der Waals surface area contributed by atoms with Gasteiger partial charge < -0.3 is 15.4 Å². The van der Waals surface area contributed by atoms with Crippen LogP contribution in [-0.4, -0.2) is 74.2 Å². The van der Waals surface area contributed by atoms with Crippen LogP contribution in [0.4, 0.5) is 0 Å². The minimum Gasteiger partial charge on any atom is -0.469 e. The number of ether oxygens (including phenoxy) is 1. The standard InChI is InChI=1S/C26H33ClN4O5S/c1-17(28)29-22-8-4-18(5-9-22)26(33)31-12-11-30(16-23(31)15-25(32)36-2)37(34,35)24-10-6-19-13-21(27)7-3-20(19)14-24/h3,6-7,10,13-14,18,22-23H,4-5,8-9,11-12,15-16H2,1-2H3,(H2,28,29). The maximum atomic E-state index is 13.6. The summed E-state index contributed by atoms with van der Waals surface area (Å²) in [5.74, 6) is -0.165. The van der Waals surface area contributed by atoms with Crippen molar-refractivity contribution in [3.63, 3.8) is 0 Å². The van der Waals surface area contributed by atoms with Gasteiger partial charge in [-0.2, -0.15) is 4.31 Å². The maximum Gasteiger partial charge on any atom is 0.307 e. The first-order chi connectivity index (χ1) is 17.6. The Hall–Kier alpha value is -2.69. The second-order valence-corrected chi connectivity index (χ2v) is 12.1. The van der Waals surface area contributed by atoms with E-state index in [4.69, 9.17) is 22.1 Å². The summed E-state index contributed by atoms with van der Waals surface area (Å²) >= 11 is 6.05. The number of rotatable bonds is 6. The molecule has 200 valence electrons. The van der Waals surface area contributed by atoms with Crippen LogP contribution >= 0.6 is 11.6 Å². The molecule has 1 amide bonds. The van der Waals surface area contributed by atoms with Crippen LogP contribution in [0, 0.1) is 5.92 Å². The number of methoxy groups -OCH3 is 1. The number of carbonyl (C=O) groups excluding carboxylic acids is 2. The first kappa shape index (κ1) is 27.3. The summed E-state index contributed by atoms with van der Waals surface area (Å²) in [5.41, 5.74) is 5.71. The number of nitrogens with zero attached hydrogens (tertiary/aromatic N) is 3. The fraction of sp³-hybridized carbons (Fsp3) is 0.500. The topological polar surface area (TPSA) is 122 Å². The van der Waals surface area contributed by atoms with E-state index < -0.39 is 22.0 Å². The molecule has 1 saturated heterocycles. The van der Waals surface area contributed by atoms with Gasteiger partial charge in [0.25, 0.3) is 0 Å². The minimum atomic E-state index is -3.85. The largest absolute Gasteiger partial charge is 0.469 e. The van der Waals surface area contributed by atoms with Crippen molar-refractivity contribution in [1.82, 2.24) is 9.21 Å². The Labute approximate surface area is 222 Å². The third-order valence-corrected chi connectivity index (χ3v) is 9.30. The Morgan fingerprint density at radius 3 is 2.43 bits per heavy atom. The molecule has 1 atom stereocenters. The number of sulfonamides is 1. The highest BCUT2D eigenvalue weighted by molar-refractivity contribution is 7.89. The minimum absolute atomic E-state index is 0.0217. The zero-order chi connectivity index (χ0) is 26.7. The predicted molar refractivity (Wildman–Crippen MR) is 143 cm³/mol. The summed E-state index contributed by atoms with van der Waals surface area (Å²) in [6.07, 6.45) is 2.84. The second-order valence-electron chi connectivity index (χ2n) is 9.76. The van der Waals surface area contributed by atoms with Gasteiger partial charge in [-0.05, 0) is 67.6 Å². The van der Waals surface area contributed by atoms with Crippen molar-refractivity contribution in [3.8, 4) is 0 Å². The molecule has 0 bridgehead atoms. The number of benzene rings is 2. The molecule has 4 rings (SSSR count). The summed E-state index contributed by atoms with van der Waals surface area (Å²) < 4.78 is 33.3. The Balaban J connectivity index is 1.52. The van der Waals surface area contributed by atoms with Crippen LogP contribution in [0.5, 0.6) is 0 Å². The summed E-state index contributed by atoms with van der Waals surface area (Å²) in [4.78, 5) is 32.0. The van der Waals surface area contributed by atoms with E-state index >= 15 is 0 Å². The van der Waals surface area contributed by atoms with Crippen molar-refractivity contribution in [3.05, 3.63) is 41.4 Å². The molecule has 2 aromatic rings. The maximum absolute atomic E-state index is 13.6. The number of hydrogen-bond donors (Lipinski definition) is 1. The Kier molecular flexibility index (Phi) is 8.40. The monoisotopic (exact) mass is 548 g/mol. The van der Waals surface area contributed by atoms with Gasteiger partial charge in [-0.25, -0.2) is 8.42 Å². The molecule has 9 nitrogen and oxygen atoms in total. The van der Waals surface area contributed by atoms with E-state index in [1.54, 1.807) is 48.2 Å². The first-order valence-electron chi connectivity index (χ1n) is 12.4. The lowest BCUT2D eigenvalue weighted by Crippen LogP contribution is -2.58. The number of fused-ring (bicyclic) bond motifs is 1. The Bertz CT molecular complexity index is 1300. The average Bonchev–Trinajstić information content (AvgIpc) is 2.87. The van der Waals surface area contributed by atoms with Gasteiger partial charge in [0.05, 0.1) is 36.3 Å². The highest BCUT2D eigenvalue weighted by atomic mass is 35.5. The molecule has 1 aliphatic heterocycles. The molecule has 11 heteroatoms. The zero-order valence-corrected chi connectivity index (χ0v) is 22.7. The molecule has 2 aromatic carbocycles. The van der Waals surface area contributed by atoms with E-state index in [-0.39, 0.29) is 48.8 Å². The number of amidine groups is 1. The summed E-state index contributed by atoms with van der Waals surface area (Å²) in [7, 11) is -2.56. The summed E-state index contributed by atoms with van der Waals surface area (Å²) in [6.45, 7) is 2.14. The van der Waals surface area contributed by atoms with Gasteiger partial charge in [-0.1, -0.05) is 23.7 Å². The van der Waals surface area contributed by atoms with Crippen LogP contribution in [0.1, 0.15) is 39.0 Å².